The standard InChI is InChI=1S/C19H22BrNO3.C16H16BrNO3/c1-22-15-6-4-13(5-7-15)10-17-16-12-19(24-3)18(23-2)11-14(16)8-9-21(17)20;17-18-6-5-11-8-15(20)16(21)9-13(11)14(18)7-10-1-3-12(19)4-2-10/h4-7,11-12,17H,8-10H2,1-3H3;1-4,8-9,14,19-21H,5-7H2/t17-;14-/m00/s1. The zero-order valence-corrected chi connectivity index (χ0v) is 28.7. The molecule has 0 saturated heterocycles. The third kappa shape index (κ3) is 7.69. The van der Waals surface area contributed by atoms with Gasteiger partial charge in [-0.15, -0.1) is 0 Å². The number of ether oxygens (including phenoxy) is 3. The van der Waals surface area contributed by atoms with E-state index < -0.39 is 0 Å². The average molecular weight is 743 g/mol. The minimum absolute atomic E-state index is 0.0693. The van der Waals surface area contributed by atoms with E-state index in [0.717, 1.165) is 72.7 Å². The van der Waals surface area contributed by atoms with Crippen molar-refractivity contribution in [3.05, 3.63) is 106 Å². The van der Waals surface area contributed by atoms with Crippen LogP contribution in [-0.2, 0) is 25.7 Å². The predicted octanol–water partition coefficient (Wildman–Crippen LogP) is 7.42. The van der Waals surface area contributed by atoms with Crippen molar-refractivity contribution >= 4 is 32.3 Å². The SMILES string of the molecule is COc1ccc(C[C@H]2c3cc(OC)c(OC)cc3CCN2Br)cc1.Oc1ccc(C[C@H]2c3cc(O)c(O)cc3CCN2Br)cc1. The molecule has 6 rings (SSSR count). The zero-order chi connectivity index (χ0) is 32.1. The molecular weight excluding hydrogens is 704 g/mol. The molecule has 0 aromatic heterocycles. The third-order valence-corrected chi connectivity index (χ3v) is 10.1. The van der Waals surface area contributed by atoms with E-state index in [1.165, 1.54) is 16.7 Å². The minimum Gasteiger partial charge on any atom is -0.508 e. The van der Waals surface area contributed by atoms with E-state index in [-0.39, 0.29) is 29.3 Å². The van der Waals surface area contributed by atoms with Gasteiger partial charge in [-0.1, -0.05) is 24.3 Å². The number of methoxy groups -OCH3 is 3. The molecule has 2 aliphatic rings. The highest BCUT2D eigenvalue weighted by atomic mass is 79.9. The van der Waals surface area contributed by atoms with Crippen molar-refractivity contribution in [2.75, 3.05) is 34.4 Å². The van der Waals surface area contributed by atoms with Crippen molar-refractivity contribution < 1.29 is 29.5 Å². The van der Waals surface area contributed by atoms with E-state index in [2.05, 4.69) is 64.4 Å². The molecule has 0 fully saturated rings. The van der Waals surface area contributed by atoms with Gasteiger partial charge in [0.2, 0.25) is 0 Å². The van der Waals surface area contributed by atoms with Crippen LogP contribution in [0, 0.1) is 0 Å². The van der Waals surface area contributed by atoms with Crippen LogP contribution < -0.4 is 14.2 Å². The van der Waals surface area contributed by atoms with Gasteiger partial charge in [0.1, 0.15) is 11.5 Å². The van der Waals surface area contributed by atoms with Gasteiger partial charge in [0, 0.05) is 57.5 Å². The topological polar surface area (TPSA) is 94.9 Å². The second-order valence-electron chi connectivity index (χ2n) is 11.1. The van der Waals surface area contributed by atoms with Crippen LogP contribution in [0.3, 0.4) is 0 Å². The number of rotatable bonds is 7. The molecule has 4 aromatic carbocycles. The molecule has 238 valence electrons. The third-order valence-electron chi connectivity index (χ3n) is 8.42. The average Bonchev–Trinajstić information content (AvgIpc) is 3.05. The summed E-state index contributed by atoms with van der Waals surface area (Å²) in [7, 11) is 5.04. The molecule has 0 spiro atoms. The van der Waals surface area contributed by atoms with Crippen molar-refractivity contribution in [3.8, 4) is 34.5 Å². The first-order valence-corrected chi connectivity index (χ1v) is 16.2. The first kappa shape index (κ1) is 32.9. The Morgan fingerprint density at radius 1 is 0.622 bits per heavy atom. The molecule has 10 heteroatoms. The smallest absolute Gasteiger partial charge is 0.161 e. The van der Waals surface area contributed by atoms with Gasteiger partial charge in [-0.3, -0.25) is 0 Å². The lowest BCUT2D eigenvalue weighted by Crippen LogP contribution is -2.29. The number of hydrogen-bond donors (Lipinski definition) is 3. The highest BCUT2D eigenvalue weighted by Gasteiger charge is 2.29. The zero-order valence-electron chi connectivity index (χ0n) is 25.5. The van der Waals surface area contributed by atoms with Gasteiger partial charge >= 0.3 is 0 Å². The number of halogens is 2. The lowest BCUT2D eigenvalue weighted by atomic mass is 9.90. The number of nitrogens with zero attached hydrogens (tertiary/aromatic N) is 2. The highest BCUT2D eigenvalue weighted by Crippen LogP contribution is 2.41. The lowest BCUT2D eigenvalue weighted by molar-refractivity contribution is 0.334. The summed E-state index contributed by atoms with van der Waals surface area (Å²) in [5.41, 5.74) is 7.05. The fraction of sp³-hybridized carbons (Fsp3) is 0.314. The molecule has 2 atom stereocenters. The minimum atomic E-state index is -0.0905. The van der Waals surface area contributed by atoms with Crippen LogP contribution in [0.25, 0.3) is 0 Å². The summed E-state index contributed by atoms with van der Waals surface area (Å²) >= 11 is 7.31. The molecular formula is C35H38Br2N2O6. The van der Waals surface area contributed by atoms with Gasteiger partial charge in [0.05, 0.1) is 21.3 Å². The van der Waals surface area contributed by atoms with E-state index in [0.29, 0.717) is 0 Å². The van der Waals surface area contributed by atoms with Gasteiger partial charge in [-0.25, -0.2) is 7.85 Å². The second kappa shape index (κ2) is 14.8. The molecule has 2 aliphatic heterocycles. The molecule has 4 aromatic rings. The molecule has 0 amide bonds. The summed E-state index contributed by atoms with van der Waals surface area (Å²) in [6, 6.07) is 23.2. The predicted molar refractivity (Wildman–Crippen MR) is 182 cm³/mol. The number of fused-ring (bicyclic) bond motifs is 2. The summed E-state index contributed by atoms with van der Waals surface area (Å²) in [5, 5.41) is 28.8. The molecule has 0 aliphatic carbocycles. The first-order valence-electron chi connectivity index (χ1n) is 14.8. The van der Waals surface area contributed by atoms with E-state index in [4.69, 9.17) is 14.2 Å². The number of phenolic OH excluding ortho intramolecular Hbond substituents is 3. The van der Waals surface area contributed by atoms with E-state index in [1.54, 1.807) is 45.6 Å². The molecule has 8 nitrogen and oxygen atoms in total. The Labute approximate surface area is 281 Å². The van der Waals surface area contributed by atoms with Gasteiger partial charge in [0.15, 0.2) is 23.0 Å². The Kier molecular flexibility index (Phi) is 10.8. The summed E-state index contributed by atoms with van der Waals surface area (Å²) < 4.78 is 20.5. The highest BCUT2D eigenvalue weighted by molar-refractivity contribution is 9.07. The van der Waals surface area contributed by atoms with Crippen LogP contribution in [0.15, 0.2) is 72.8 Å². The van der Waals surface area contributed by atoms with E-state index >= 15 is 0 Å². The van der Waals surface area contributed by atoms with Gasteiger partial charge in [-0.05, 0) is 108 Å². The second-order valence-corrected chi connectivity index (χ2v) is 13.0. The number of benzene rings is 4. The molecule has 45 heavy (non-hydrogen) atoms. The van der Waals surface area contributed by atoms with E-state index in [1.807, 2.05) is 24.3 Å². The van der Waals surface area contributed by atoms with Crippen molar-refractivity contribution in [2.24, 2.45) is 0 Å². The fourth-order valence-corrected chi connectivity index (χ4v) is 7.04. The number of aromatic hydroxyl groups is 3. The van der Waals surface area contributed by atoms with Gasteiger partial charge < -0.3 is 29.5 Å². The van der Waals surface area contributed by atoms with Gasteiger partial charge in [-0.2, -0.15) is 0 Å². The Balaban J connectivity index is 0.000000179. The molecule has 2 heterocycles. The van der Waals surface area contributed by atoms with Crippen molar-refractivity contribution in [1.82, 2.24) is 7.85 Å². The Morgan fingerprint density at radius 3 is 1.62 bits per heavy atom. The van der Waals surface area contributed by atoms with Crippen molar-refractivity contribution in [2.45, 2.75) is 37.8 Å². The lowest BCUT2D eigenvalue weighted by Gasteiger charge is -2.33. The Hall–Kier alpha value is -3.44. The van der Waals surface area contributed by atoms with Crippen LogP contribution in [-0.4, -0.2) is 57.6 Å². The molecule has 3 N–H and O–H groups in total. The quantitative estimate of drug-likeness (QED) is 0.133. The molecule has 0 radical (unpaired) electrons. The van der Waals surface area contributed by atoms with Crippen LogP contribution >= 0.6 is 32.3 Å². The first-order chi connectivity index (χ1) is 21.7. The normalized spacial score (nSPS) is 17.8. The van der Waals surface area contributed by atoms with Crippen LogP contribution in [0.2, 0.25) is 0 Å². The van der Waals surface area contributed by atoms with Crippen molar-refractivity contribution in [3.63, 3.8) is 0 Å². The molecule has 0 unspecified atom stereocenters. The Bertz CT molecular complexity index is 1600. The van der Waals surface area contributed by atoms with Crippen LogP contribution in [0.5, 0.6) is 34.5 Å². The maximum Gasteiger partial charge on any atom is 0.161 e. The molecule has 0 bridgehead atoms. The monoisotopic (exact) mass is 740 g/mol. The maximum absolute atomic E-state index is 9.76. The summed E-state index contributed by atoms with van der Waals surface area (Å²) in [6.07, 6.45) is 3.47. The summed E-state index contributed by atoms with van der Waals surface area (Å²) in [5.74, 6) is 2.54. The van der Waals surface area contributed by atoms with Gasteiger partial charge in [0.25, 0.3) is 0 Å². The fourth-order valence-electron chi connectivity index (χ4n) is 5.95. The maximum atomic E-state index is 9.76. The number of phenols is 3. The molecule has 0 saturated carbocycles. The summed E-state index contributed by atoms with van der Waals surface area (Å²) in [4.78, 5) is 0. The van der Waals surface area contributed by atoms with Crippen LogP contribution in [0.1, 0.15) is 45.5 Å². The van der Waals surface area contributed by atoms with Crippen molar-refractivity contribution in [1.29, 1.82) is 0 Å². The Morgan fingerprint density at radius 2 is 1.09 bits per heavy atom. The van der Waals surface area contributed by atoms with Crippen LogP contribution in [0.4, 0.5) is 0 Å². The largest absolute Gasteiger partial charge is 0.508 e. The van der Waals surface area contributed by atoms with E-state index in [9.17, 15) is 15.3 Å². The summed E-state index contributed by atoms with van der Waals surface area (Å²) in [6.45, 7) is 1.79. The number of hydrogen-bond acceptors (Lipinski definition) is 8.